The zero-order valence-corrected chi connectivity index (χ0v) is 12.1. The van der Waals surface area contributed by atoms with Gasteiger partial charge in [-0.3, -0.25) is 4.79 Å². The second-order valence-electron chi connectivity index (χ2n) is 5.65. The zero-order chi connectivity index (χ0) is 15.6. The third-order valence-electron chi connectivity index (χ3n) is 4.23. The number of amides is 1. The number of rotatable bonds is 3. The number of nitrogens with one attached hydrogen (secondary N) is 1. The first-order chi connectivity index (χ1) is 10.6. The van der Waals surface area contributed by atoms with E-state index in [2.05, 4.69) is 5.32 Å². The van der Waals surface area contributed by atoms with Crippen LogP contribution in [0.1, 0.15) is 27.9 Å². The summed E-state index contributed by atoms with van der Waals surface area (Å²) in [7, 11) is 0. The molecule has 0 bridgehead atoms. The van der Waals surface area contributed by atoms with Gasteiger partial charge in [0.25, 0.3) is 5.91 Å². The number of aliphatic carboxylic acids is 1. The van der Waals surface area contributed by atoms with E-state index in [1.165, 1.54) is 0 Å². The predicted molar refractivity (Wildman–Crippen MR) is 82.7 cm³/mol. The highest BCUT2D eigenvalue weighted by Gasteiger charge is 2.42. The molecule has 1 aliphatic carbocycles. The van der Waals surface area contributed by atoms with E-state index in [-0.39, 0.29) is 5.91 Å². The first kappa shape index (κ1) is 14.3. The van der Waals surface area contributed by atoms with Gasteiger partial charge < -0.3 is 10.4 Å². The molecule has 22 heavy (non-hydrogen) atoms. The second-order valence-corrected chi connectivity index (χ2v) is 5.65. The van der Waals surface area contributed by atoms with E-state index < -0.39 is 11.5 Å². The molecule has 4 heteroatoms. The van der Waals surface area contributed by atoms with Gasteiger partial charge in [0.05, 0.1) is 0 Å². The van der Waals surface area contributed by atoms with Crippen molar-refractivity contribution in [2.45, 2.75) is 24.8 Å². The predicted octanol–water partition coefficient (Wildman–Crippen LogP) is 2.43. The van der Waals surface area contributed by atoms with E-state index in [9.17, 15) is 14.7 Å². The Labute approximate surface area is 128 Å². The third kappa shape index (κ3) is 2.60. The molecule has 0 heterocycles. The monoisotopic (exact) mass is 295 g/mol. The molecule has 1 amide bonds. The average molecular weight is 295 g/mol. The quantitative estimate of drug-likeness (QED) is 0.914. The number of hydrogen-bond acceptors (Lipinski definition) is 2. The van der Waals surface area contributed by atoms with Gasteiger partial charge >= 0.3 is 5.97 Å². The van der Waals surface area contributed by atoms with Crippen molar-refractivity contribution in [2.75, 3.05) is 0 Å². The van der Waals surface area contributed by atoms with Crippen molar-refractivity contribution in [1.29, 1.82) is 0 Å². The lowest BCUT2D eigenvalue weighted by Crippen LogP contribution is -2.57. The Balaban J connectivity index is 1.88. The lowest BCUT2D eigenvalue weighted by atomic mass is 9.77. The minimum absolute atomic E-state index is 0.317. The highest BCUT2D eigenvalue weighted by atomic mass is 16.4. The fraction of sp³-hybridized carbons (Fsp3) is 0.222. The molecule has 1 aliphatic rings. The van der Waals surface area contributed by atoms with Gasteiger partial charge in [0.2, 0.25) is 0 Å². The molecule has 0 aliphatic heterocycles. The molecular formula is C18H17NO3. The van der Waals surface area contributed by atoms with Gasteiger partial charge in [-0.15, -0.1) is 0 Å². The van der Waals surface area contributed by atoms with Crippen molar-refractivity contribution < 1.29 is 14.7 Å². The Kier molecular flexibility index (Phi) is 3.67. The summed E-state index contributed by atoms with van der Waals surface area (Å²) in [5.41, 5.74) is 1.39. The van der Waals surface area contributed by atoms with Crippen molar-refractivity contribution in [3.05, 3.63) is 71.3 Å². The molecular weight excluding hydrogens is 278 g/mol. The highest BCUT2D eigenvalue weighted by molar-refractivity contribution is 5.98. The second kappa shape index (κ2) is 5.64. The van der Waals surface area contributed by atoms with Crippen LogP contribution < -0.4 is 5.32 Å². The Morgan fingerprint density at radius 2 is 1.59 bits per heavy atom. The van der Waals surface area contributed by atoms with E-state index >= 15 is 0 Å². The van der Waals surface area contributed by atoms with Crippen LogP contribution in [0.25, 0.3) is 0 Å². The molecule has 112 valence electrons. The van der Waals surface area contributed by atoms with Crippen LogP contribution >= 0.6 is 0 Å². The molecule has 0 fully saturated rings. The van der Waals surface area contributed by atoms with Crippen molar-refractivity contribution in [1.82, 2.24) is 5.32 Å². The first-order valence-corrected chi connectivity index (χ1v) is 7.28. The Hall–Kier alpha value is -2.62. The number of carbonyl (C=O) groups excluding carboxylic acids is 1. The standard InChI is InChI=1S/C18H17NO3/c20-16(14-7-2-1-3-8-14)19-18(17(21)22)11-10-13-6-4-5-9-15(13)12-18/h1-9H,10-12H2,(H,19,20)(H,21,22). The summed E-state index contributed by atoms with van der Waals surface area (Å²) in [5, 5.41) is 12.4. The van der Waals surface area contributed by atoms with Crippen LogP contribution in [0.15, 0.2) is 54.6 Å². The molecule has 0 spiro atoms. The number of aryl methyl sites for hydroxylation is 1. The summed E-state index contributed by atoms with van der Waals surface area (Å²) in [6, 6.07) is 16.5. The molecule has 2 aromatic carbocycles. The van der Waals surface area contributed by atoms with Gasteiger partial charge in [-0.2, -0.15) is 0 Å². The minimum atomic E-state index is -1.23. The van der Waals surface area contributed by atoms with Crippen LogP contribution in [0, 0.1) is 0 Å². The van der Waals surface area contributed by atoms with Gasteiger partial charge in [0, 0.05) is 12.0 Å². The maximum Gasteiger partial charge on any atom is 0.329 e. The van der Waals surface area contributed by atoms with Crippen LogP contribution in [-0.2, 0) is 17.6 Å². The van der Waals surface area contributed by atoms with Gasteiger partial charge in [-0.25, -0.2) is 4.79 Å². The number of carbonyl (C=O) groups is 2. The van der Waals surface area contributed by atoms with Crippen LogP contribution in [0.2, 0.25) is 0 Å². The summed E-state index contributed by atoms with van der Waals surface area (Å²) in [5.74, 6) is -1.33. The normalized spacial score (nSPS) is 20.0. The van der Waals surface area contributed by atoms with E-state index in [4.69, 9.17) is 0 Å². The van der Waals surface area contributed by atoms with E-state index in [1.54, 1.807) is 24.3 Å². The topological polar surface area (TPSA) is 66.4 Å². The van der Waals surface area contributed by atoms with Crippen LogP contribution in [-0.4, -0.2) is 22.5 Å². The summed E-state index contributed by atoms with van der Waals surface area (Å²) in [6.45, 7) is 0. The molecule has 0 radical (unpaired) electrons. The van der Waals surface area contributed by atoms with Gasteiger partial charge in [0.1, 0.15) is 5.54 Å². The van der Waals surface area contributed by atoms with Gasteiger partial charge in [-0.1, -0.05) is 42.5 Å². The molecule has 0 saturated heterocycles. The fourth-order valence-electron chi connectivity index (χ4n) is 2.96. The molecule has 4 nitrogen and oxygen atoms in total. The largest absolute Gasteiger partial charge is 0.479 e. The average Bonchev–Trinajstić information content (AvgIpc) is 2.55. The number of hydrogen-bond donors (Lipinski definition) is 2. The Bertz CT molecular complexity index is 711. The molecule has 2 aromatic rings. The minimum Gasteiger partial charge on any atom is -0.479 e. The number of benzene rings is 2. The van der Waals surface area contributed by atoms with Crippen molar-refractivity contribution in [2.24, 2.45) is 0 Å². The Morgan fingerprint density at radius 3 is 2.27 bits per heavy atom. The molecule has 1 atom stereocenters. The lowest BCUT2D eigenvalue weighted by Gasteiger charge is -2.35. The summed E-state index contributed by atoms with van der Waals surface area (Å²) in [4.78, 5) is 24.2. The van der Waals surface area contributed by atoms with Crippen molar-refractivity contribution in [3.63, 3.8) is 0 Å². The van der Waals surface area contributed by atoms with E-state index in [0.717, 1.165) is 11.1 Å². The van der Waals surface area contributed by atoms with Gasteiger partial charge in [0.15, 0.2) is 0 Å². The Morgan fingerprint density at radius 1 is 0.955 bits per heavy atom. The highest BCUT2D eigenvalue weighted by Crippen LogP contribution is 2.29. The molecule has 0 aromatic heterocycles. The van der Waals surface area contributed by atoms with Crippen LogP contribution in [0.4, 0.5) is 0 Å². The smallest absolute Gasteiger partial charge is 0.329 e. The van der Waals surface area contributed by atoms with Gasteiger partial charge in [-0.05, 0) is 36.1 Å². The third-order valence-corrected chi connectivity index (χ3v) is 4.23. The maximum atomic E-state index is 12.4. The first-order valence-electron chi connectivity index (χ1n) is 7.28. The zero-order valence-electron chi connectivity index (χ0n) is 12.1. The molecule has 2 N–H and O–H groups in total. The maximum absolute atomic E-state index is 12.4. The summed E-state index contributed by atoms with van der Waals surface area (Å²) in [6.07, 6.45) is 1.37. The molecule has 1 unspecified atom stereocenters. The fourth-order valence-corrected chi connectivity index (χ4v) is 2.96. The van der Waals surface area contributed by atoms with Crippen molar-refractivity contribution >= 4 is 11.9 Å². The number of carboxylic acid groups (broad SMARTS) is 1. The number of fused-ring (bicyclic) bond motifs is 1. The van der Waals surface area contributed by atoms with Crippen LogP contribution in [0.3, 0.4) is 0 Å². The molecule has 0 saturated carbocycles. The SMILES string of the molecule is O=C(NC1(C(=O)O)CCc2ccccc2C1)c1ccccc1. The lowest BCUT2D eigenvalue weighted by molar-refractivity contribution is -0.145. The van der Waals surface area contributed by atoms with Crippen molar-refractivity contribution in [3.8, 4) is 0 Å². The van der Waals surface area contributed by atoms with E-state index in [1.807, 2.05) is 30.3 Å². The summed E-state index contributed by atoms with van der Waals surface area (Å²) >= 11 is 0. The van der Waals surface area contributed by atoms with E-state index in [0.29, 0.717) is 24.8 Å². The summed E-state index contributed by atoms with van der Waals surface area (Å²) < 4.78 is 0. The number of carboxylic acids is 1. The molecule has 3 rings (SSSR count). The van der Waals surface area contributed by atoms with Crippen LogP contribution in [0.5, 0.6) is 0 Å².